The highest BCUT2D eigenvalue weighted by Crippen LogP contribution is 2.28. The quantitative estimate of drug-likeness (QED) is 0.789. The number of rotatable bonds is 7. The van der Waals surface area contributed by atoms with E-state index < -0.39 is 0 Å². The zero-order valence-corrected chi connectivity index (χ0v) is 14.9. The smallest absolute Gasteiger partial charge is 0.111 e. The molecule has 130 valence electrons. The monoisotopic (exact) mass is 328 g/mol. The molecule has 3 rings (SSSR count). The van der Waals surface area contributed by atoms with Crippen molar-refractivity contribution in [3.05, 3.63) is 60.1 Å². The maximum absolute atomic E-state index is 5.82. The first-order valence-electron chi connectivity index (χ1n) is 9.18. The number of hydrogen-bond acceptors (Lipinski definition) is 2. The van der Waals surface area contributed by atoms with Crippen molar-refractivity contribution in [3.8, 4) is 0 Å². The molecule has 2 N–H and O–H groups in total. The molecule has 1 fully saturated rings. The van der Waals surface area contributed by atoms with E-state index in [1.165, 1.54) is 24.9 Å². The van der Waals surface area contributed by atoms with Crippen LogP contribution in [0, 0.1) is 5.92 Å². The van der Waals surface area contributed by atoms with E-state index in [0.717, 1.165) is 31.3 Å². The Bertz CT molecular complexity index is 592. The Morgan fingerprint density at radius 3 is 2.71 bits per heavy atom. The highest BCUT2D eigenvalue weighted by molar-refractivity contribution is 5.26. The van der Waals surface area contributed by atoms with Gasteiger partial charge in [0.2, 0.25) is 0 Å². The summed E-state index contributed by atoms with van der Waals surface area (Å²) in [6.07, 6.45) is 5.24. The lowest BCUT2D eigenvalue weighted by molar-refractivity contribution is -0.661. The van der Waals surface area contributed by atoms with Gasteiger partial charge in [-0.15, -0.1) is 0 Å². The Hall–Kier alpha value is -1.58. The van der Waals surface area contributed by atoms with Crippen molar-refractivity contribution in [1.29, 1.82) is 0 Å². The molecule has 24 heavy (non-hydrogen) atoms. The minimum Gasteiger partial charge on any atom is -0.469 e. The zero-order valence-electron chi connectivity index (χ0n) is 14.9. The third kappa shape index (κ3) is 4.71. The van der Waals surface area contributed by atoms with Crippen LogP contribution in [-0.4, -0.2) is 25.3 Å². The maximum atomic E-state index is 5.82. The van der Waals surface area contributed by atoms with Crippen LogP contribution < -0.4 is 5.32 Å². The Morgan fingerprint density at radius 1 is 1.17 bits per heavy atom. The molecular formula is C21H30NO2+. The molecule has 3 nitrogen and oxygen atoms in total. The van der Waals surface area contributed by atoms with Gasteiger partial charge in [0.05, 0.1) is 25.0 Å². The second-order valence-corrected chi connectivity index (χ2v) is 7.55. The number of quaternary nitrogens is 1. The molecule has 2 atom stereocenters. The third-order valence-corrected chi connectivity index (χ3v) is 5.05. The van der Waals surface area contributed by atoms with Crippen LogP contribution in [0.4, 0.5) is 0 Å². The van der Waals surface area contributed by atoms with Crippen molar-refractivity contribution >= 4 is 0 Å². The van der Waals surface area contributed by atoms with Gasteiger partial charge >= 0.3 is 0 Å². The molecule has 1 aromatic heterocycles. The standard InChI is InChI=1S/C21H29NO2/c1-21(2)15-17(11-14-24-21)16-22-12-10-19(20-9-6-13-23-20)18-7-4-3-5-8-18/h3-9,13,17,19,22H,10-12,14-16H2,1-2H3/p+1/t17-,19-/m1/s1. The highest BCUT2D eigenvalue weighted by Gasteiger charge is 2.29. The Labute approximate surface area is 145 Å². The first-order valence-corrected chi connectivity index (χ1v) is 9.18. The van der Waals surface area contributed by atoms with E-state index in [1.807, 2.05) is 6.07 Å². The highest BCUT2D eigenvalue weighted by atomic mass is 16.5. The molecule has 1 saturated heterocycles. The van der Waals surface area contributed by atoms with Gasteiger partial charge in [-0.2, -0.15) is 0 Å². The average molecular weight is 328 g/mol. The van der Waals surface area contributed by atoms with Crippen LogP contribution in [0.15, 0.2) is 53.1 Å². The molecule has 1 aromatic carbocycles. The fourth-order valence-electron chi connectivity index (χ4n) is 3.85. The van der Waals surface area contributed by atoms with Crippen LogP contribution in [0.5, 0.6) is 0 Å². The summed E-state index contributed by atoms with van der Waals surface area (Å²) in [5, 5.41) is 2.48. The summed E-state index contributed by atoms with van der Waals surface area (Å²) in [5.41, 5.74) is 1.39. The van der Waals surface area contributed by atoms with E-state index in [4.69, 9.17) is 9.15 Å². The molecule has 0 saturated carbocycles. The molecule has 3 heteroatoms. The molecule has 0 spiro atoms. The van der Waals surface area contributed by atoms with Crippen molar-refractivity contribution < 1.29 is 14.5 Å². The SMILES string of the molecule is CC1(C)C[C@H](C[NH2+]CC[C@H](c2ccccc2)c2ccco2)CCO1. The van der Waals surface area contributed by atoms with Gasteiger partial charge in [-0.3, -0.25) is 0 Å². The lowest BCUT2D eigenvalue weighted by Crippen LogP contribution is -2.86. The molecule has 0 bridgehead atoms. The summed E-state index contributed by atoms with van der Waals surface area (Å²) >= 11 is 0. The second-order valence-electron chi connectivity index (χ2n) is 7.55. The van der Waals surface area contributed by atoms with Crippen LogP contribution in [0.1, 0.15) is 50.4 Å². The topological polar surface area (TPSA) is 39.0 Å². The number of ether oxygens (including phenoxy) is 1. The number of furan rings is 1. The molecule has 0 radical (unpaired) electrons. The van der Waals surface area contributed by atoms with Gasteiger partial charge in [-0.25, -0.2) is 0 Å². The van der Waals surface area contributed by atoms with Crippen molar-refractivity contribution in [1.82, 2.24) is 0 Å². The van der Waals surface area contributed by atoms with Crippen LogP contribution in [-0.2, 0) is 4.74 Å². The van der Waals surface area contributed by atoms with Gasteiger partial charge in [0.1, 0.15) is 5.76 Å². The number of nitrogens with two attached hydrogens (primary N) is 1. The molecule has 2 aromatic rings. The van der Waals surface area contributed by atoms with Gasteiger partial charge in [0.15, 0.2) is 0 Å². The Kier molecular flexibility index (Phi) is 5.75. The van der Waals surface area contributed by atoms with Crippen molar-refractivity contribution in [2.24, 2.45) is 5.92 Å². The Morgan fingerprint density at radius 2 is 2.00 bits per heavy atom. The molecule has 0 unspecified atom stereocenters. The molecule has 1 aliphatic rings. The summed E-state index contributed by atoms with van der Waals surface area (Å²) in [5.74, 6) is 2.19. The lowest BCUT2D eigenvalue weighted by atomic mass is 9.88. The van der Waals surface area contributed by atoms with Crippen LogP contribution in [0.2, 0.25) is 0 Å². The van der Waals surface area contributed by atoms with Crippen LogP contribution in [0.3, 0.4) is 0 Å². The summed E-state index contributed by atoms with van der Waals surface area (Å²) in [7, 11) is 0. The fourth-order valence-corrected chi connectivity index (χ4v) is 3.85. The van der Waals surface area contributed by atoms with Crippen LogP contribution in [0.25, 0.3) is 0 Å². The normalized spacial score (nSPS) is 21.5. The van der Waals surface area contributed by atoms with E-state index >= 15 is 0 Å². The van der Waals surface area contributed by atoms with Gasteiger partial charge in [0.25, 0.3) is 0 Å². The van der Waals surface area contributed by atoms with E-state index in [2.05, 4.69) is 55.6 Å². The third-order valence-electron chi connectivity index (χ3n) is 5.05. The maximum Gasteiger partial charge on any atom is 0.111 e. The second kappa shape index (κ2) is 8.00. The Balaban J connectivity index is 1.51. The molecule has 0 amide bonds. The summed E-state index contributed by atoms with van der Waals surface area (Å²) in [6.45, 7) is 7.65. The van der Waals surface area contributed by atoms with Gasteiger partial charge in [-0.1, -0.05) is 30.3 Å². The summed E-state index contributed by atoms with van der Waals surface area (Å²) < 4.78 is 11.5. The molecule has 0 aliphatic carbocycles. The van der Waals surface area contributed by atoms with E-state index in [-0.39, 0.29) is 5.60 Å². The lowest BCUT2D eigenvalue weighted by Gasteiger charge is -2.34. The summed E-state index contributed by atoms with van der Waals surface area (Å²) in [6, 6.07) is 14.8. The summed E-state index contributed by atoms with van der Waals surface area (Å²) in [4.78, 5) is 0. The number of hydrogen-bond donors (Lipinski definition) is 1. The van der Waals surface area contributed by atoms with Gasteiger partial charge in [-0.05, 0) is 44.4 Å². The molecule has 1 aliphatic heterocycles. The average Bonchev–Trinajstić information content (AvgIpc) is 3.09. The van der Waals surface area contributed by atoms with Crippen molar-refractivity contribution in [2.75, 3.05) is 19.7 Å². The molecular weight excluding hydrogens is 298 g/mol. The fraction of sp³-hybridized carbons (Fsp3) is 0.524. The predicted molar refractivity (Wildman–Crippen MR) is 96.0 cm³/mol. The van der Waals surface area contributed by atoms with Gasteiger partial charge in [0, 0.05) is 24.9 Å². The van der Waals surface area contributed by atoms with Crippen molar-refractivity contribution in [3.63, 3.8) is 0 Å². The zero-order chi connectivity index (χ0) is 16.8. The van der Waals surface area contributed by atoms with E-state index in [1.54, 1.807) is 6.26 Å². The largest absolute Gasteiger partial charge is 0.469 e. The van der Waals surface area contributed by atoms with E-state index in [0.29, 0.717) is 5.92 Å². The predicted octanol–water partition coefficient (Wildman–Crippen LogP) is 3.57. The minimum absolute atomic E-state index is 0.0531. The van der Waals surface area contributed by atoms with Gasteiger partial charge < -0.3 is 14.5 Å². The first kappa shape index (κ1) is 17.2. The van der Waals surface area contributed by atoms with Crippen LogP contribution >= 0.6 is 0 Å². The molecule has 2 heterocycles. The minimum atomic E-state index is 0.0531. The van der Waals surface area contributed by atoms with Crippen molar-refractivity contribution in [2.45, 2.75) is 44.6 Å². The van der Waals surface area contributed by atoms with E-state index in [9.17, 15) is 0 Å². The number of benzene rings is 1. The first-order chi connectivity index (χ1) is 11.6.